The highest BCUT2D eigenvalue weighted by molar-refractivity contribution is 7.17. The van der Waals surface area contributed by atoms with Gasteiger partial charge in [-0.15, -0.1) is 84.1 Å². The molecule has 9 aromatic carbocycles. The number of amides is 6. The van der Waals surface area contributed by atoms with Crippen LogP contribution in [-0.4, -0.2) is 112 Å². The van der Waals surface area contributed by atoms with Crippen LogP contribution in [0, 0.1) is 0 Å². The lowest BCUT2D eigenvalue weighted by Crippen LogP contribution is -2.50. The molecule has 0 saturated heterocycles. The van der Waals surface area contributed by atoms with Crippen LogP contribution in [0.25, 0.3) is 0 Å². The van der Waals surface area contributed by atoms with Gasteiger partial charge in [-0.3, -0.25) is 25.7 Å². The van der Waals surface area contributed by atoms with Crippen molar-refractivity contribution >= 4 is 58.3 Å². The van der Waals surface area contributed by atoms with E-state index in [1.807, 2.05) is 20.8 Å². The lowest BCUT2D eigenvalue weighted by atomic mass is 9.77. The van der Waals surface area contributed by atoms with E-state index < -0.39 is 141 Å². The molecule has 137 heavy (non-hydrogen) atoms. The number of urea groups is 3. The zero-order valence-electron chi connectivity index (χ0n) is 70.9. The first-order valence-corrected chi connectivity index (χ1v) is 40.1. The molecule has 0 spiro atoms. The number of carbonyl (C=O) groups is 5. The van der Waals surface area contributed by atoms with Gasteiger partial charge in [0.05, 0.1) is 36.0 Å². The minimum Gasteiger partial charge on any atom is -0.463 e. The first kappa shape index (κ1) is 107. The second-order valence-electron chi connectivity index (χ2n) is 30.0. The van der Waals surface area contributed by atoms with Gasteiger partial charge in [-0.1, -0.05) is 211 Å². The number of aromatic amines is 1. The van der Waals surface area contributed by atoms with Crippen LogP contribution >= 0.6 is 11.3 Å². The number of nitrogens with zero attached hydrogens (tertiary/aromatic N) is 5. The second-order valence-corrected chi connectivity index (χ2v) is 31.0. The summed E-state index contributed by atoms with van der Waals surface area (Å²) in [5, 5.41) is 25.3. The minimum absolute atomic E-state index is 0. The number of rotatable bonds is 28. The first-order valence-electron chi connectivity index (χ1n) is 39.3. The third-order valence-electron chi connectivity index (χ3n) is 19.0. The van der Waals surface area contributed by atoms with E-state index in [0.717, 1.165) is 79.9 Å². The highest BCUT2D eigenvalue weighted by Gasteiger charge is 2.46. The summed E-state index contributed by atoms with van der Waals surface area (Å²) in [5.41, 5.74) is -4.53. The maximum absolute atomic E-state index is 14.4. The molecule has 6 amide bonds. The summed E-state index contributed by atoms with van der Waals surface area (Å²) in [6, 6.07) is 51.5. The number of carbonyl (C=O) groups excluding carboxylic acids is 5. The Hall–Kier alpha value is -14.9. The molecule has 0 radical (unpaired) electrons. The molecule has 3 aromatic heterocycles. The topological polar surface area (TPSA) is 304 Å². The van der Waals surface area contributed by atoms with Gasteiger partial charge in [0.15, 0.2) is 5.13 Å². The average molecular weight is 1970 g/mol. The summed E-state index contributed by atoms with van der Waals surface area (Å²) in [4.78, 5) is 71.8. The molecule has 732 valence electrons. The van der Waals surface area contributed by atoms with E-state index in [1.165, 1.54) is 84.4 Å². The van der Waals surface area contributed by atoms with Gasteiger partial charge in [-0.05, 0) is 130 Å². The van der Waals surface area contributed by atoms with Crippen molar-refractivity contribution < 1.29 is 150 Å². The summed E-state index contributed by atoms with van der Waals surface area (Å²) >= 11 is 0.374. The van der Waals surface area contributed by atoms with Crippen molar-refractivity contribution in [3.63, 3.8) is 0 Å². The van der Waals surface area contributed by atoms with Crippen LogP contribution in [0.15, 0.2) is 243 Å². The largest absolute Gasteiger partial charge is 0.573 e. The van der Waals surface area contributed by atoms with Crippen molar-refractivity contribution in [2.24, 2.45) is 7.05 Å². The average Bonchev–Trinajstić information content (AvgIpc) is 1.45. The van der Waals surface area contributed by atoms with E-state index in [9.17, 15) is 112 Å². The van der Waals surface area contributed by atoms with Gasteiger partial charge in [0.2, 0.25) is 5.82 Å². The Labute approximate surface area is 771 Å². The highest BCUT2D eigenvalue weighted by Crippen LogP contribution is 2.45. The maximum Gasteiger partial charge on any atom is 0.573 e. The van der Waals surface area contributed by atoms with E-state index >= 15 is 0 Å². The van der Waals surface area contributed by atoms with E-state index in [2.05, 4.69) is 90.3 Å². The van der Waals surface area contributed by atoms with Gasteiger partial charge in [-0.25, -0.2) is 29.0 Å². The summed E-state index contributed by atoms with van der Waals surface area (Å²) in [7, 11) is 2.72. The molecule has 0 unspecified atom stereocenters. The number of benzene rings is 9. The van der Waals surface area contributed by atoms with Gasteiger partial charge in [-0.2, -0.15) is 18.9 Å². The molecule has 0 bridgehead atoms. The maximum atomic E-state index is 14.4. The number of nitrogens with one attached hydrogen (secondary N) is 7. The number of alkyl halides is 20. The number of aromatic nitrogens is 6. The Balaban J connectivity index is 0.000000251. The fraction of sp³-hybridized carbons (Fsp3) is 0.264. The smallest absolute Gasteiger partial charge is 0.463 e. The Bertz CT molecular complexity index is 5890. The zero-order chi connectivity index (χ0) is 98.9. The number of hydrogen-bond acceptors (Lipinski definition) is 18. The van der Waals surface area contributed by atoms with E-state index in [0.29, 0.717) is 46.5 Å². The Morgan fingerprint density at radius 1 is 0.387 bits per heavy atom. The van der Waals surface area contributed by atoms with Gasteiger partial charge < -0.3 is 53.8 Å². The standard InChI is InChI=1S/C31H25F8N3O5S.C31H30F6N4O3.C27H21F6N5O5.2CH4/c1-3-45-25(43)23-24(28(2,32)33)40-27(48-23)41-26(44)42-29(17-18-9-5-4-6-10-18,19-11-7-13-21(15-19)46-30(34,35)36)20-12-8-14-22(16-20)47-31(37,38)39;1-28(2,3)25-18-26(41(4)40-25)38-27(42)39-29(19-20-10-6-5-7-11-20,21-12-8-14-23(16-21)43-30(32,33)34)22-13-9-15-24(17-22)44-31(35,36)37;1-41-22(39)21-34-23(38-37-21)35-24(40)36-25(15-16-7-3-2-4-8-16,17-9-5-11-19(13-17)42-26(28,29)30)18-10-6-12-20(14-18)43-27(31,32)33;;/h4-16H,3,17H2,1-2H3,(H2,40,41,42,44);5-18H,19H2,1-4H3,(H2,38,39,42);2-14H,15H2,1H3,(H3,34,35,36,37,38,40);2*1H4. The molecular weight excluding hydrogens is 1880 g/mol. The van der Waals surface area contributed by atoms with Crippen LogP contribution in [0.4, 0.5) is 119 Å². The Morgan fingerprint density at radius 2 is 0.686 bits per heavy atom. The molecule has 12 rings (SSSR count). The lowest BCUT2D eigenvalue weighted by molar-refractivity contribution is -0.275. The number of anilines is 3. The number of H-pyrrole nitrogens is 1. The predicted octanol–water partition coefficient (Wildman–Crippen LogP) is 23.3. The molecule has 46 heteroatoms. The summed E-state index contributed by atoms with van der Waals surface area (Å²) in [5.74, 6) is -9.95. The molecule has 7 N–H and O–H groups in total. The van der Waals surface area contributed by atoms with Crippen LogP contribution < -0.4 is 60.3 Å². The van der Waals surface area contributed by atoms with E-state index in [4.69, 9.17) is 4.74 Å². The number of aryl methyl sites for hydroxylation is 1. The number of methoxy groups -OCH3 is 1. The fourth-order valence-corrected chi connectivity index (χ4v) is 14.5. The molecule has 0 aliphatic heterocycles. The third-order valence-corrected chi connectivity index (χ3v) is 19.9. The quantitative estimate of drug-likeness (QED) is 0.0177. The lowest BCUT2D eigenvalue weighted by Gasteiger charge is -2.37. The number of ether oxygens (including phenoxy) is 8. The SMILES string of the molecule is C.C.CCOC(=O)c1sc(NC(=O)NC(Cc2ccccc2)(c2cccc(OC(F)(F)F)c2)c2cccc(OC(F)(F)F)c2)nc1C(C)(F)F.COC(=O)c1nc(NC(=O)NC(Cc2ccccc2)(c2cccc(OC(F)(F)F)c2)c2cccc(OC(F)(F)F)c2)n[nH]1.Cn1nc(C(C)(C)C)cc1NC(=O)NC(Cc1ccccc1)(c1cccc(OC(F)(F)F)c1)c1cccc(OC(F)(F)F)c1. The van der Waals surface area contributed by atoms with Crippen LogP contribution in [-0.2, 0) is 63.7 Å². The predicted molar refractivity (Wildman–Crippen MR) is 459 cm³/mol. The molecule has 0 aliphatic rings. The summed E-state index contributed by atoms with van der Waals surface area (Å²) < 4.78 is 301. The van der Waals surface area contributed by atoms with Crippen LogP contribution in [0.2, 0.25) is 0 Å². The van der Waals surface area contributed by atoms with Gasteiger partial charge in [0.25, 0.3) is 11.9 Å². The molecule has 25 nitrogen and oxygen atoms in total. The first-order chi connectivity index (χ1) is 63.1. The number of esters is 2. The van der Waals surface area contributed by atoms with Gasteiger partial charge in [0, 0.05) is 44.7 Å². The molecular formula is C91H84F20N12O13S. The third kappa shape index (κ3) is 31.1. The highest BCUT2D eigenvalue weighted by atomic mass is 32.1. The van der Waals surface area contributed by atoms with Crippen molar-refractivity contribution in [2.45, 2.75) is 135 Å². The Kier molecular flexibility index (Phi) is 34.6. The van der Waals surface area contributed by atoms with E-state index in [1.54, 1.807) is 104 Å². The van der Waals surface area contributed by atoms with Crippen LogP contribution in [0.1, 0.15) is 131 Å². The molecule has 0 atom stereocenters. The van der Waals surface area contributed by atoms with Gasteiger partial charge in [0.1, 0.15) is 50.9 Å². The second kappa shape index (κ2) is 44.1. The van der Waals surface area contributed by atoms with Crippen molar-refractivity contribution in [2.75, 3.05) is 29.7 Å². The monoisotopic (exact) mass is 1960 g/mol. The number of hydrogen-bond donors (Lipinski definition) is 7. The molecule has 0 saturated carbocycles. The van der Waals surface area contributed by atoms with Crippen molar-refractivity contribution in [3.8, 4) is 34.5 Å². The minimum atomic E-state index is -5.12. The van der Waals surface area contributed by atoms with Crippen molar-refractivity contribution in [1.29, 1.82) is 0 Å². The van der Waals surface area contributed by atoms with E-state index in [-0.39, 0.29) is 91.3 Å². The van der Waals surface area contributed by atoms with Crippen molar-refractivity contribution in [3.05, 3.63) is 315 Å². The fourth-order valence-electron chi connectivity index (χ4n) is 13.6. The molecule has 3 heterocycles. The molecule has 12 aromatic rings. The van der Waals surface area contributed by atoms with Crippen molar-refractivity contribution in [1.82, 2.24) is 45.9 Å². The zero-order valence-corrected chi connectivity index (χ0v) is 71.7. The normalized spacial score (nSPS) is 12.1. The summed E-state index contributed by atoms with van der Waals surface area (Å²) in [6.45, 7) is 7.60. The molecule has 0 fully saturated rings. The van der Waals surface area contributed by atoms with Gasteiger partial charge >= 0.3 is 68.2 Å². The summed E-state index contributed by atoms with van der Waals surface area (Å²) in [6.07, 6.45) is -30.9. The number of halogens is 20. The Morgan fingerprint density at radius 3 is 0.956 bits per heavy atom. The molecule has 0 aliphatic carbocycles. The number of thiazole rings is 1. The van der Waals surface area contributed by atoms with Crippen LogP contribution in [0.5, 0.6) is 34.5 Å². The van der Waals surface area contributed by atoms with Crippen LogP contribution in [0.3, 0.4) is 0 Å².